The van der Waals surface area contributed by atoms with E-state index in [1.54, 1.807) is 0 Å². The van der Waals surface area contributed by atoms with E-state index in [9.17, 15) is 0 Å². The maximum atomic E-state index is 2.41. The second-order valence-electron chi connectivity index (χ2n) is 6.79. The summed E-state index contributed by atoms with van der Waals surface area (Å²) in [5.74, 6) is 0. The van der Waals surface area contributed by atoms with Crippen molar-refractivity contribution in [1.82, 2.24) is 0 Å². The van der Waals surface area contributed by atoms with Crippen molar-refractivity contribution < 1.29 is 0 Å². The lowest BCUT2D eigenvalue weighted by Crippen LogP contribution is -2.25. The number of hydrogen-bond acceptors (Lipinski definition) is 2. The van der Waals surface area contributed by atoms with Crippen LogP contribution in [0, 0.1) is 0 Å². The van der Waals surface area contributed by atoms with Crippen LogP contribution in [-0.4, -0.2) is 27.2 Å². The Balaban J connectivity index is 2.06. The molecule has 0 saturated heterocycles. The van der Waals surface area contributed by atoms with Crippen LogP contribution in [0.4, 0.5) is 11.4 Å². The molecule has 2 heteroatoms. The van der Waals surface area contributed by atoms with Gasteiger partial charge in [-0.2, -0.15) is 0 Å². The van der Waals surface area contributed by atoms with Crippen molar-refractivity contribution in [2.75, 3.05) is 37.0 Å². The van der Waals surface area contributed by atoms with Crippen molar-refractivity contribution in [3.05, 3.63) is 48.5 Å². The molecule has 2 nitrogen and oxygen atoms in total. The van der Waals surface area contributed by atoms with Crippen LogP contribution >= 0.6 is 0 Å². The molecule has 114 valence electrons. The third-order valence-electron chi connectivity index (χ3n) is 5.43. The number of anilines is 2. The zero-order chi connectivity index (χ0) is 15.6. The van der Waals surface area contributed by atoms with Gasteiger partial charge in [0.05, 0.1) is 0 Å². The van der Waals surface area contributed by atoms with Crippen molar-refractivity contribution >= 4 is 43.7 Å². The summed E-state index contributed by atoms with van der Waals surface area (Å²) >= 11 is 0. The van der Waals surface area contributed by atoms with Crippen LogP contribution in [-0.2, 0) is 0 Å². The van der Waals surface area contributed by atoms with Gasteiger partial charge in [0, 0.05) is 49.3 Å². The average molecular weight is 300 g/mol. The molecule has 1 aliphatic rings. The Kier molecular flexibility index (Phi) is 2.55. The summed E-state index contributed by atoms with van der Waals surface area (Å²) in [7, 11) is 4.43. The van der Waals surface area contributed by atoms with Gasteiger partial charge in [-0.15, -0.1) is 0 Å². The van der Waals surface area contributed by atoms with Crippen LogP contribution in [0.2, 0.25) is 0 Å². The number of hydrogen-bond donors (Lipinski definition) is 0. The fourth-order valence-electron chi connectivity index (χ4n) is 4.22. The van der Waals surface area contributed by atoms with Crippen LogP contribution in [0.25, 0.3) is 32.3 Å². The SMILES string of the molecule is CN1CCCN(C)c2ccc3ccc4ccc1c1ccc2c3c41. The standard InChI is InChI=1S/C21H20N2/c1-22-12-3-13-23(2)19-11-7-15-5-4-14-6-10-18(22)16-8-9-17(19)21(15)20(14)16/h4-11H,3,12-13H2,1-2H3. The predicted octanol–water partition coefficient (Wildman–Crippen LogP) is 4.86. The van der Waals surface area contributed by atoms with Crippen LogP contribution in [0.15, 0.2) is 48.5 Å². The molecule has 0 atom stereocenters. The van der Waals surface area contributed by atoms with Gasteiger partial charge in [0.25, 0.3) is 0 Å². The topological polar surface area (TPSA) is 6.48 Å². The summed E-state index contributed by atoms with van der Waals surface area (Å²) in [4.78, 5) is 4.81. The Hall–Kier alpha value is -2.48. The molecular formula is C21H20N2. The van der Waals surface area contributed by atoms with E-state index in [0.717, 1.165) is 19.5 Å². The van der Waals surface area contributed by atoms with Gasteiger partial charge < -0.3 is 9.80 Å². The van der Waals surface area contributed by atoms with Crippen LogP contribution in [0.3, 0.4) is 0 Å². The number of benzene rings is 4. The molecule has 0 spiro atoms. The highest BCUT2D eigenvalue weighted by Gasteiger charge is 2.17. The monoisotopic (exact) mass is 300 g/mol. The first kappa shape index (κ1) is 13.0. The molecule has 2 bridgehead atoms. The van der Waals surface area contributed by atoms with Gasteiger partial charge >= 0.3 is 0 Å². The normalized spacial score (nSPS) is 15.6. The van der Waals surface area contributed by atoms with Gasteiger partial charge in [-0.05, 0) is 40.1 Å². The quantitative estimate of drug-likeness (QED) is 0.428. The lowest BCUT2D eigenvalue weighted by Gasteiger charge is -2.23. The predicted molar refractivity (Wildman–Crippen MR) is 101 cm³/mol. The van der Waals surface area contributed by atoms with Crippen molar-refractivity contribution in [1.29, 1.82) is 0 Å². The van der Waals surface area contributed by atoms with Crippen LogP contribution < -0.4 is 9.80 Å². The van der Waals surface area contributed by atoms with Crippen LogP contribution in [0.5, 0.6) is 0 Å². The lowest BCUT2D eigenvalue weighted by molar-refractivity contribution is 0.766. The summed E-state index contributed by atoms with van der Waals surface area (Å²) in [5, 5.41) is 8.28. The molecule has 0 radical (unpaired) electrons. The Labute approximate surface area is 136 Å². The highest BCUT2D eigenvalue weighted by atomic mass is 15.1. The third kappa shape index (κ3) is 1.69. The largest absolute Gasteiger partial charge is 0.374 e. The Bertz CT molecular complexity index is 951. The van der Waals surface area contributed by atoms with E-state index in [2.05, 4.69) is 72.4 Å². The zero-order valence-electron chi connectivity index (χ0n) is 13.6. The molecule has 4 aromatic rings. The van der Waals surface area contributed by atoms with E-state index < -0.39 is 0 Å². The van der Waals surface area contributed by atoms with Crippen molar-refractivity contribution in [2.45, 2.75) is 6.42 Å². The van der Waals surface area contributed by atoms with E-state index >= 15 is 0 Å². The van der Waals surface area contributed by atoms with E-state index in [-0.39, 0.29) is 0 Å². The molecule has 0 N–H and O–H groups in total. The Morgan fingerprint density at radius 2 is 1.04 bits per heavy atom. The Morgan fingerprint density at radius 3 is 1.52 bits per heavy atom. The van der Waals surface area contributed by atoms with Gasteiger partial charge in [0.1, 0.15) is 0 Å². The van der Waals surface area contributed by atoms with Gasteiger partial charge in [-0.3, -0.25) is 0 Å². The molecule has 1 aliphatic heterocycles. The molecule has 0 aromatic heterocycles. The van der Waals surface area contributed by atoms with Crippen molar-refractivity contribution in [3.8, 4) is 0 Å². The highest BCUT2D eigenvalue weighted by molar-refractivity contribution is 6.27. The summed E-state index contributed by atoms with van der Waals surface area (Å²) in [6.45, 7) is 2.16. The second-order valence-corrected chi connectivity index (χ2v) is 6.79. The first-order chi connectivity index (χ1) is 11.2. The average Bonchev–Trinajstić information content (AvgIpc) is 2.61. The maximum absolute atomic E-state index is 2.41. The van der Waals surface area contributed by atoms with E-state index in [1.807, 2.05) is 0 Å². The smallest absolute Gasteiger partial charge is 0.0443 e. The van der Waals surface area contributed by atoms with E-state index in [4.69, 9.17) is 0 Å². The van der Waals surface area contributed by atoms with Crippen molar-refractivity contribution in [2.24, 2.45) is 0 Å². The van der Waals surface area contributed by atoms with Gasteiger partial charge in [-0.25, -0.2) is 0 Å². The molecule has 5 rings (SSSR count). The number of nitrogens with zero attached hydrogens (tertiary/aromatic N) is 2. The molecule has 4 aromatic carbocycles. The van der Waals surface area contributed by atoms with Gasteiger partial charge in [-0.1, -0.05) is 36.4 Å². The molecule has 1 heterocycles. The maximum Gasteiger partial charge on any atom is 0.0443 e. The first-order valence-electron chi connectivity index (χ1n) is 8.37. The van der Waals surface area contributed by atoms with Crippen LogP contribution in [0.1, 0.15) is 6.42 Å². The van der Waals surface area contributed by atoms with Gasteiger partial charge in [0.2, 0.25) is 0 Å². The summed E-state index contributed by atoms with van der Waals surface area (Å²) in [5.41, 5.74) is 2.70. The second kappa shape index (κ2) is 4.51. The molecule has 0 fully saturated rings. The number of fused-ring (bicyclic) bond motifs is 1. The molecule has 0 amide bonds. The summed E-state index contributed by atoms with van der Waals surface area (Å²) < 4.78 is 0. The first-order valence-corrected chi connectivity index (χ1v) is 8.37. The zero-order valence-corrected chi connectivity index (χ0v) is 13.6. The minimum Gasteiger partial charge on any atom is -0.374 e. The molecule has 0 unspecified atom stereocenters. The molecule has 0 saturated carbocycles. The van der Waals surface area contributed by atoms with Gasteiger partial charge in [0.15, 0.2) is 0 Å². The fourth-order valence-corrected chi connectivity index (χ4v) is 4.22. The molecule has 0 aliphatic carbocycles. The summed E-state index contributed by atoms with van der Waals surface area (Å²) in [6.07, 6.45) is 1.16. The Morgan fingerprint density at radius 1 is 0.609 bits per heavy atom. The summed E-state index contributed by atoms with van der Waals surface area (Å²) in [6, 6.07) is 18.3. The fraction of sp³-hybridized carbons (Fsp3) is 0.238. The lowest BCUT2D eigenvalue weighted by atomic mass is 9.92. The van der Waals surface area contributed by atoms with E-state index in [0.29, 0.717) is 0 Å². The minimum absolute atomic E-state index is 1.08. The number of rotatable bonds is 0. The molecule has 23 heavy (non-hydrogen) atoms. The van der Waals surface area contributed by atoms with E-state index in [1.165, 1.54) is 43.7 Å². The highest BCUT2D eigenvalue weighted by Crippen LogP contribution is 2.42. The minimum atomic E-state index is 1.08. The molecular weight excluding hydrogens is 280 g/mol. The van der Waals surface area contributed by atoms with Crippen molar-refractivity contribution in [3.63, 3.8) is 0 Å². The third-order valence-corrected chi connectivity index (χ3v) is 5.43.